The molecule has 0 radical (unpaired) electrons. The molecule has 1 aliphatic carbocycles. The van der Waals surface area contributed by atoms with Crippen molar-refractivity contribution in [3.8, 4) is 0 Å². The molecule has 0 atom stereocenters. The van der Waals surface area contributed by atoms with Crippen molar-refractivity contribution in [2.75, 3.05) is 6.54 Å². The van der Waals surface area contributed by atoms with Gasteiger partial charge in [-0.3, -0.25) is 4.79 Å². The summed E-state index contributed by atoms with van der Waals surface area (Å²) in [4.78, 5) is 23.5. The lowest BCUT2D eigenvalue weighted by Crippen LogP contribution is -2.35. The summed E-state index contributed by atoms with van der Waals surface area (Å²) in [7, 11) is 0. The van der Waals surface area contributed by atoms with Crippen LogP contribution in [0.25, 0.3) is 10.9 Å². The topological polar surface area (TPSA) is 46.1 Å². The molecule has 1 aliphatic rings. The summed E-state index contributed by atoms with van der Waals surface area (Å²) in [5.74, 6) is 0.798. The number of carbonyl (C=O) groups excluding carboxylic acids is 1. The Balaban J connectivity index is 1.82. The molecule has 1 aromatic heterocycles. The van der Waals surface area contributed by atoms with Crippen LogP contribution in [0, 0.1) is 6.92 Å². The third kappa shape index (κ3) is 3.04. The van der Waals surface area contributed by atoms with Crippen molar-refractivity contribution in [1.29, 1.82) is 0 Å². The van der Waals surface area contributed by atoms with Crippen molar-refractivity contribution >= 4 is 16.8 Å². The minimum atomic E-state index is 0.161. The summed E-state index contributed by atoms with van der Waals surface area (Å²) in [6.45, 7) is 4.93. The van der Waals surface area contributed by atoms with Crippen LogP contribution in [-0.4, -0.2) is 33.4 Å². The zero-order valence-corrected chi connectivity index (χ0v) is 12.7. The van der Waals surface area contributed by atoms with Crippen molar-refractivity contribution in [3.05, 3.63) is 35.8 Å². The second kappa shape index (κ2) is 5.80. The number of aryl methyl sites for hydroxylation is 1. The van der Waals surface area contributed by atoms with Gasteiger partial charge in [-0.2, -0.15) is 0 Å². The summed E-state index contributed by atoms with van der Waals surface area (Å²) < 4.78 is 0. The number of nitrogens with zero attached hydrogens (tertiary/aromatic N) is 3. The van der Waals surface area contributed by atoms with E-state index in [2.05, 4.69) is 16.9 Å². The molecular formula is C17H21N3O. The number of aromatic nitrogens is 2. The highest BCUT2D eigenvalue weighted by Crippen LogP contribution is 2.27. The monoisotopic (exact) mass is 283 g/mol. The largest absolute Gasteiger partial charge is 0.339 e. The van der Waals surface area contributed by atoms with E-state index in [1.807, 2.05) is 36.1 Å². The Labute approximate surface area is 125 Å². The number of para-hydroxylation sites is 1. The van der Waals surface area contributed by atoms with Gasteiger partial charge in [-0.1, -0.05) is 25.1 Å². The molecular weight excluding hydrogens is 262 g/mol. The Kier molecular flexibility index (Phi) is 3.86. The van der Waals surface area contributed by atoms with Crippen LogP contribution in [-0.2, 0) is 11.2 Å². The second-order valence-electron chi connectivity index (χ2n) is 5.74. The number of hydrogen-bond donors (Lipinski definition) is 0. The maximum Gasteiger partial charge on any atom is 0.230 e. The van der Waals surface area contributed by atoms with Crippen LogP contribution in [0.3, 0.4) is 0 Å². The lowest BCUT2D eigenvalue weighted by atomic mass is 10.2. The van der Waals surface area contributed by atoms with E-state index in [-0.39, 0.29) is 5.91 Å². The Bertz CT molecular complexity index is 664. The van der Waals surface area contributed by atoms with Gasteiger partial charge >= 0.3 is 0 Å². The Morgan fingerprint density at radius 1 is 1.29 bits per heavy atom. The molecule has 1 heterocycles. The molecule has 1 saturated carbocycles. The highest BCUT2D eigenvalue weighted by Gasteiger charge is 2.32. The van der Waals surface area contributed by atoms with Crippen LogP contribution < -0.4 is 0 Å². The minimum Gasteiger partial charge on any atom is -0.339 e. The van der Waals surface area contributed by atoms with Gasteiger partial charge in [0.05, 0.1) is 11.9 Å². The molecule has 0 saturated heterocycles. The quantitative estimate of drug-likeness (QED) is 0.847. The SMILES string of the molecule is CCCN(C(=O)Cc1nc(C)c2ccccc2n1)C1CC1. The molecule has 4 nitrogen and oxygen atoms in total. The molecule has 0 aliphatic heterocycles. The van der Waals surface area contributed by atoms with E-state index in [1.165, 1.54) is 0 Å². The van der Waals surface area contributed by atoms with E-state index in [0.717, 1.165) is 42.4 Å². The fraction of sp³-hybridized carbons (Fsp3) is 0.471. The smallest absolute Gasteiger partial charge is 0.230 e. The van der Waals surface area contributed by atoms with Crippen LogP contribution in [0.15, 0.2) is 24.3 Å². The first-order chi connectivity index (χ1) is 10.2. The van der Waals surface area contributed by atoms with E-state index in [0.29, 0.717) is 18.3 Å². The van der Waals surface area contributed by atoms with E-state index in [1.54, 1.807) is 0 Å². The number of benzene rings is 1. The van der Waals surface area contributed by atoms with E-state index < -0.39 is 0 Å². The van der Waals surface area contributed by atoms with Crippen LogP contribution >= 0.6 is 0 Å². The van der Waals surface area contributed by atoms with Crippen LogP contribution in [0.1, 0.15) is 37.7 Å². The Morgan fingerprint density at radius 2 is 2.05 bits per heavy atom. The van der Waals surface area contributed by atoms with Crippen LogP contribution in [0.4, 0.5) is 0 Å². The van der Waals surface area contributed by atoms with Gasteiger partial charge in [0.15, 0.2) is 0 Å². The minimum absolute atomic E-state index is 0.161. The summed E-state index contributed by atoms with van der Waals surface area (Å²) in [6, 6.07) is 8.40. The zero-order chi connectivity index (χ0) is 14.8. The number of hydrogen-bond acceptors (Lipinski definition) is 3. The molecule has 4 heteroatoms. The fourth-order valence-corrected chi connectivity index (χ4v) is 2.75. The Morgan fingerprint density at radius 3 is 2.76 bits per heavy atom. The molecule has 21 heavy (non-hydrogen) atoms. The zero-order valence-electron chi connectivity index (χ0n) is 12.7. The molecule has 1 amide bonds. The van der Waals surface area contributed by atoms with Crippen molar-refractivity contribution in [3.63, 3.8) is 0 Å². The van der Waals surface area contributed by atoms with Crippen molar-refractivity contribution in [2.45, 2.75) is 45.6 Å². The first-order valence-corrected chi connectivity index (χ1v) is 7.70. The predicted octanol–water partition coefficient (Wildman–Crippen LogP) is 2.88. The van der Waals surface area contributed by atoms with Gasteiger partial charge < -0.3 is 4.90 Å². The molecule has 110 valence electrons. The van der Waals surface area contributed by atoms with E-state index in [4.69, 9.17) is 0 Å². The van der Waals surface area contributed by atoms with E-state index >= 15 is 0 Å². The summed E-state index contributed by atoms with van der Waals surface area (Å²) >= 11 is 0. The number of amides is 1. The standard InChI is InChI=1S/C17H21N3O/c1-3-10-20(13-8-9-13)17(21)11-16-18-12(2)14-6-4-5-7-15(14)19-16/h4-7,13H,3,8-11H2,1-2H3. The molecule has 1 aromatic carbocycles. The highest BCUT2D eigenvalue weighted by molar-refractivity contribution is 5.82. The van der Waals surface area contributed by atoms with Gasteiger partial charge in [0, 0.05) is 23.7 Å². The van der Waals surface area contributed by atoms with Gasteiger partial charge in [0.2, 0.25) is 5.91 Å². The molecule has 1 fully saturated rings. The molecule has 0 spiro atoms. The average molecular weight is 283 g/mol. The highest BCUT2D eigenvalue weighted by atomic mass is 16.2. The van der Waals surface area contributed by atoms with Gasteiger partial charge in [-0.15, -0.1) is 0 Å². The van der Waals surface area contributed by atoms with Crippen LogP contribution in [0.5, 0.6) is 0 Å². The molecule has 0 bridgehead atoms. The van der Waals surface area contributed by atoms with Crippen molar-refractivity contribution in [2.24, 2.45) is 0 Å². The first kappa shape index (κ1) is 14.0. The number of rotatable bonds is 5. The van der Waals surface area contributed by atoms with Crippen molar-refractivity contribution < 1.29 is 4.79 Å². The summed E-state index contributed by atoms with van der Waals surface area (Å²) in [6.07, 6.45) is 3.59. The van der Waals surface area contributed by atoms with Crippen molar-refractivity contribution in [1.82, 2.24) is 14.9 Å². The lowest BCUT2D eigenvalue weighted by molar-refractivity contribution is -0.131. The molecule has 0 N–H and O–H groups in total. The van der Waals surface area contributed by atoms with Gasteiger partial charge in [-0.25, -0.2) is 9.97 Å². The third-order valence-electron chi connectivity index (χ3n) is 3.92. The van der Waals surface area contributed by atoms with E-state index in [9.17, 15) is 4.79 Å². The van der Waals surface area contributed by atoms with Gasteiger partial charge in [-0.05, 0) is 32.3 Å². The fourth-order valence-electron chi connectivity index (χ4n) is 2.75. The molecule has 3 rings (SSSR count). The molecule has 0 unspecified atom stereocenters. The van der Waals surface area contributed by atoms with Crippen LogP contribution in [0.2, 0.25) is 0 Å². The normalized spacial score (nSPS) is 14.4. The number of fused-ring (bicyclic) bond motifs is 1. The van der Waals surface area contributed by atoms with Gasteiger partial charge in [0.1, 0.15) is 5.82 Å². The Hall–Kier alpha value is -1.97. The third-order valence-corrected chi connectivity index (χ3v) is 3.92. The maximum absolute atomic E-state index is 12.5. The lowest BCUT2D eigenvalue weighted by Gasteiger charge is -2.21. The maximum atomic E-state index is 12.5. The summed E-state index contributed by atoms with van der Waals surface area (Å²) in [5, 5.41) is 1.06. The summed E-state index contributed by atoms with van der Waals surface area (Å²) in [5.41, 5.74) is 1.86. The second-order valence-corrected chi connectivity index (χ2v) is 5.74. The first-order valence-electron chi connectivity index (χ1n) is 7.70. The number of carbonyl (C=O) groups is 1. The average Bonchev–Trinajstić information content (AvgIpc) is 3.29. The molecule has 2 aromatic rings. The predicted molar refractivity (Wildman–Crippen MR) is 83.0 cm³/mol. The van der Waals surface area contributed by atoms with Gasteiger partial charge in [0.25, 0.3) is 0 Å².